The molecule has 3 rings (SSSR count). The zero-order valence-corrected chi connectivity index (χ0v) is 13.1. The van der Waals surface area contributed by atoms with Crippen LogP contribution in [0.15, 0.2) is 0 Å². The van der Waals surface area contributed by atoms with Gasteiger partial charge in [0.15, 0.2) is 0 Å². The summed E-state index contributed by atoms with van der Waals surface area (Å²) in [7, 11) is 2.27. The summed E-state index contributed by atoms with van der Waals surface area (Å²) in [6.07, 6.45) is 10.4. The Hall–Kier alpha value is -0.830. The van der Waals surface area contributed by atoms with Gasteiger partial charge in [0.1, 0.15) is 0 Å². The third-order valence-corrected chi connectivity index (χ3v) is 5.33. The lowest BCUT2D eigenvalue weighted by molar-refractivity contribution is 0.133. The van der Waals surface area contributed by atoms with Gasteiger partial charge in [0, 0.05) is 12.2 Å². The lowest BCUT2D eigenvalue weighted by Gasteiger charge is -2.39. The molecule has 112 valence electrons. The Kier molecular flexibility index (Phi) is 4.45. The van der Waals surface area contributed by atoms with Crippen LogP contribution in [-0.2, 0) is 19.3 Å². The monoisotopic (exact) mass is 275 g/mol. The molecule has 1 N–H and O–H groups in total. The summed E-state index contributed by atoms with van der Waals surface area (Å²) in [6.45, 7) is 4.83. The van der Waals surface area contributed by atoms with E-state index < -0.39 is 0 Å². The highest BCUT2D eigenvalue weighted by Gasteiger charge is 2.34. The van der Waals surface area contributed by atoms with Crippen molar-refractivity contribution in [3.8, 4) is 0 Å². The van der Waals surface area contributed by atoms with Crippen LogP contribution < -0.4 is 0 Å². The molecule has 0 aromatic carbocycles. The van der Waals surface area contributed by atoms with E-state index in [1.165, 1.54) is 75.8 Å². The summed E-state index contributed by atoms with van der Waals surface area (Å²) in [4.78, 5) is 2.51. The van der Waals surface area contributed by atoms with Crippen molar-refractivity contribution in [1.82, 2.24) is 15.1 Å². The van der Waals surface area contributed by atoms with Crippen LogP contribution >= 0.6 is 0 Å². The van der Waals surface area contributed by atoms with Crippen LogP contribution in [0.2, 0.25) is 0 Å². The fraction of sp³-hybridized carbons (Fsp3) is 0.824. The predicted octanol–water partition coefficient (Wildman–Crippen LogP) is 3.20. The molecule has 3 nitrogen and oxygen atoms in total. The molecule has 2 atom stereocenters. The minimum Gasteiger partial charge on any atom is -0.306 e. The third kappa shape index (κ3) is 2.93. The van der Waals surface area contributed by atoms with Gasteiger partial charge in [-0.3, -0.25) is 5.10 Å². The highest BCUT2D eigenvalue weighted by atomic mass is 15.1. The number of unbranched alkanes of at least 4 members (excludes halogenated alkanes) is 3. The molecule has 0 unspecified atom stereocenters. The molecule has 0 amide bonds. The van der Waals surface area contributed by atoms with Gasteiger partial charge in [0.2, 0.25) is 0 Å². The van der Waals surface area contributed by atoms with Gasteiger partial charge < -0.3 is 4.90 Å². The van der Waals surface area contributed by atoms with E-state index in [-0.39, 0.29) is 0 Å². The predicted molar refractivity (Wildman–Crippen MR) is 82.9 cm³/mol. The maximum Gasteiger partial charge on any atom is 0.0657 e. The highest BCUT2D eigenvalue weighted by molar-refractivity contribution is 5.29. The zero-order chi connectivity index (χ0) is 13.9. The Morgan fingerprint density at radius 3 is 2.95 bits per heavy atom. The van der Waals surface area contributed by atoms with Gasteiger partial charge in [-0.25, -0.2) is 0 Å². The van der Waals surface area contributed by atoms with E-state index in [4.69, 9.17) is 0 Å². The van der Waals surface area contributed by atoms with Crippen molar-refractivity contribution in [2.75, 3.05) is 20.1 Å². The molecule has 0 saturated carbocycles. The van der Waals surface area contributed by atoms with E-state index in [0.29, 0.717) is 0 Å². The van der Waals surface area contributed by atoms with Crippen molar-refractivity contribution in [1.29, 1.82) is 0 Å². The molecular weight excluding hydrogens is 246 g/mol. The molecule has 1 aliphatic heterocycles. The number of nitrogens with one attached hydrogen (secondary N) is 1. The smallest absolute Gasteiger partial charge is 0.0657 e. The Balaban J connectivity index is 1.64. The summed E-state index contributed by atoms with van der Waals surface area (Å²) in [6, 6.07) is 0. The van der Waals surface area contributed by atoms with Crippen molar-refractivity contribution in [3.63, 3.8) is 0 Å². The molecule has 1 fully saturated rings. The average molecular weight is 275 g/mol. The quantitative estimate of drug-likeness (QED) is 0.837. The fourth-order valence-corrected chi connectivity index (χ4v) is 4.07. The van der Waals surface area contributed by atoms with Crippen molar-refractivity contribution in [3.05, 3.63) is 17.0 Å². The molecule has 0 spiro atoms. The molecule has 1 saturated heterocycles. The Labute approximate surface area is 123 Å². The van der Waals surface area contributed by atoms with Gasteiger partial charge in [-0.2, -0.15) is 5.10 Å². The average Bonchev–Trinajstić information content (AvgIpc) is 2.83. The third-order valence-electron chi connectivity index (χ3n) is 5.33. The van der Waals surface area contributed by atoms with Crippen LogP contribution in [0.1, 0.15) is 56.0 Å². The van der Waals surface area contributed by atoms with Crippen molar-refractivity contribution in [2.24, 2.45) is 11.8 Å². The second-order valence-corrected chi connectivity index (χ2v) is 6.92. The first kappa shape index (κ1) is 14.1. The standard InChI is InChI=1S/C17H29N3/c1-3-4-5-6-7-16-15-10-14-12-20(2)9-8-13(14)11-17(15)19-18-16/h13-14H,3-12H2,1-2H3,(H,18,19)/t13-,14+/m1/s1. The number of hydrogen-bond donors (Lipinski definition) is 1. The molecule has 1 aliphatic carbocycles. The Morgan fingerprint density at radius 2 is 2.10 bits per heavy atom. The number of aryl methyl sites for hydroxylation is 1. The minimum absolute atomic E-state index is 0.869. The first-order valence-corrected chi connectivity index (χ1v) is 8.51. The lowest BCUT2D eigenvalue weighted by atomic mass is 9.74. The van der Waals surface area contributed by atoms with Gasteiger partial charge in [-0.15, -0.1) is 0 Å². The second-order valence-electron chi connectivity index (χ2n) is 6.92. The van der Waals surface area contributed by atoms with Crippen LogP contribution in [0.3, 0.4) is 0 Å². The number of hydrogen-bond acceptors (Lipinski definition) is 2. The Bertz CT molecular complexity index is 437. The van der Waals surface area contributed by atoms with E-state index in [0.717, 1.165) is 11.8 Å². The van der Waals surface area contributed by atoms with Gasteiger partial charge in [0.05, 0.1) is 5.69 Å². The summed E-state index contributed by atoms with van der Waals surface area (Å²) in [5, 5.41) is 7.98. The van der Waals surface area contributed by atoms with Crippen LogP contribution in [0.25, 0.3) is 0 Å². The number of nitrogens with zero attached hydrogens (tertiary/aromatic N) is 2. The number of fused-ring (bicyclic) bond motifs is 2. The summed E-state index contributed by atoms with van der Waals surface area (Å²) >= 11 is 0. The number of H-pyrrole nitrogens is 1. The maximum absolute atomic E-state index is 4.63. The van der Waals surface area contributed by atoms with Gasteiger partial charge in [-0.05, 0) is 63.1 Å². The van der Waals surface area contributed by atoms with E-state index >= 15 is 0 Å². The second kappa shape index (κ2) is 6.30. The van der Waals surface area contributed by atoms with Crippen LogP contribution in [0.4, 0.5) is 0 Å². The zero-order valence-electron chi connectivity index (χ0n) is 13.1. The van der Waals surface area contributed by atoms with Crippen LogP contribution in [0, 0.1) is 11.8 Å². The Morgan fingerprint density at radius 1 is 1.20 bits per heavy atom. The summed E-state index contributed by atoms with van der Waals surface area (Å²) in [5.74, 6) is 1.76. The molecule has 3 heteroatoms. The lowest BCUT2D eigenvalue weighted by Crippen LogP contribution is -2.41. The molecule has 2 aliphatic rings. The van der Waals surface area contributed by atoms with Crippen LogP contribution in [-0.4, -0.2) is 35.2 Å². The van der Waals surface area contributed by atoms with Gasteiger partial charge in [-0.1, -0.05) is 26.2 Å². The molecule has 20 heavy (non-hydrogen) atoms. The molecule has 1 aromatic rings. The molecule has 0 bridgehead atoms. The van der Waals surface area contributed by atoms with Gasteiger partial charge in [0.25, 0.3) is 0 Å². The molecule has 1 aromatic heterocycles. The van der Waals surface area contributed by atoms with Gasteiger partial charge >= 0.3 is 0 Å². The van der Waals surface area contributed by atoms with Crippen LogP contribution in [0.5, 0.6) is 0 Å². The topological polar surface area (TPSA) is 31.9 Å². The normalized spacial score (nSPS) is 26.3. The molecule has 0 radical (unpaired) electrons. The molecular formula is C17H29N3. The number of aromatic nitrogens is 2. The van der Waals surface area contributed by atoms with E-state index in [1.807, 2.05) is 0 Å². The fourth-order valence-electron chi connectivity index (χ4n) is 4.07. The van der Waals surface area contributed by atoms with Crippen molar-refractivity contribution in [2.45, 2.75) is 58.3 Å². The van der Waals surface area contributed by atoms with E-state index in [2.05, 4.69) is 29.1 Å². The summed E-state index contributed by atoms with van der Waals surface area (Å²) < 4.78 is 0. The summed E-state index contributed by atoms with van der Waals surface area (Å²) in [5.41, 5.74) is 4.42. The van der Waals surface area contributed by atoms with Crippen molar-refractivity contribution >= 4 is 0 Å². The minimum atomic E-state index is 0.869. The largest absolute Gasteiger partial charge is 0.306 e. The van der Waals surface area contributed by atoms with E-state index in [9.17, 15) is 0 Å². The SMILES string of the molecule is CCCCCCc1n[nH]c2c1C[C@H]1CN(C)CC[C@@H]1C2. The number of rotatable bonds is 5. The highest BCUT2D eigenvalue weighted by Crippen LogP contribution is 2.36. The number of aromatic amines is 1. The number of likely N-dealkylation sites (tertiary alicyclic amines) is 1. The maximum atomic E-state index is 4.63. The first-order valence-electron chi connectivity index (χ1n) is 8.51. The molecule has 2 heterocycles. The first-order chi connectivity index (χ1) is 9.78. The van der Waals surface area contributed by atoms with E-state index in [1.54, 1.807) is 5.56 Å². The number of piperidine rings is 1. The van der Waals surface area contributed by atoms with Crippen molar-refractivity contribution < 1.29 is 0 Å².